The Bertz CT molecular complexity index is 852. The SMILES string of the molecule is Cc1ccc(N[C@H](C)c2cccc(F)c2)cc1N1CCCS1(=O)=O. The summed E-state index contributed by atoms with van der Waals surface area (Å²) in [7, 11) is -3.21. The molecule has 1 aliphatic rings. The van der Waals surface area contributed by atoms with E-state index in [4.69, 9.17) is 0 Å². The lowest BCUT2D eigenvalue weighted by atomic mass is 10.1. The minimum Gasteiger partial charge on any atom is -0.378 e. The average Bonchev–Trinajstić information content (AvgIpc) is 2.88. The van der Waals surface area contributed by atoms with Gasteiger partial charge in [0.15, 0.2) is 0 Å². The maximum Gasteiger partial charge on any atom is 0.235 e. The largest absolute Gasteiger partial charge is 0.378 e. The fourth-order valence-corrected chi connectivity index (χ4v) is 4.61. The molecular weight excluding hydrogens is 327 g/mol. The van der Waals surface area contributed by atoms with Crippen molar-refractivity contribution in [1.29, 1.82) is 0 Å². The Kier molecular flexibility index (Phi) is 4.49. The molecule has 1 aliphatic heterocycles. The second-order valence-corrected chi connectivity index (χ2v) is 8.18. The lowest BCUT2D eigenvalue weighted by Crippen LogP contribution is -2.26. The van der Waals surface area contributed by atoms with Gasteiger partial charge in [-0.05, 0) is 55.7 Å². The Hall–Kier alpha value is -2.08. The highest BCUT2D eigenvalue weighted by atomic mass is 32.2. The molecular formula is C18H21FN2O2S. The Labute approximate surface area is 142 Å². The van der Waals surface area contributed by atoms with Crippen LogP contribution in [0.5, 0.6) is 0 Å². The van der Waals surface area contributed by atoms with Crippen LogP contribution < -0.4 is 9.62 Å². The van der Waals surface area contributed by atoms with Crippen LogP contribution in [0.25, 0.3) is 0 Å². The van der Waals surface area contributed by atoms with Gasteiger partial charge in [-0.25, -0.2) is 12.8 Å². The molecule has 6 heteroatoms. The third-order valence-corrected chi connectivity index (χ3v) is 6.16. The number of halogens is 1. The van der Waals surface area contributed by atoms with Crippen LogP contribution in [-0.2, 0) is 10.0 Å². The van der Waals surface area contributed by atoms with E-state index in [-0.39, 0.29) is 17.6 Å². The molecule has 0 bridgehead atoms. The molecule has 1 atom stereocenters. The second kappa shape index (κ2) is 6.43. The first kappa shape index (κ1) is 16.8. The third-order valence-electron chi connectivity index (χ3n) is 4.31. The topological polar surface area (TPSA) is 49.4 Å². The summed E-state index contributed by atoms with van der Waals surface area (Å²) in [4.78, 5) is 0. The zero-order chi connectivity index (χ0) is 17.3. The van der Waals surface area contributed by atoms with E-state index in [1.54, 1.807) is 6.07 Å². The van der Waals surface area contributed by atoms with Crippen LogP contribution in [0.4, 0.5) is 15.8 Å². The monoisotopic (exact) mass is 348 g/mol. The van der Waals surface area contributed by atoms with Crippen molar-refractivity contribution in [2.75, 3.05) is 21.9 Å². The zero-order valence-electron chi connectivity index (χ0n) is 13.8. The summed E-state index contributed by atoms with van der Waals surface area (Å²) in [6.07, 6.45) is 0.652. The highest BCUT2D eigenvalue weighted by Gasteiger charge is 2.29. The van der Waals surface area contributed by atoms with E-state index in [1.165, 1.54) is 16.4 Å². The van der Waals surface area contributed by atoms with Gasteiger partial charge in [0.25, 0.3) is 0 Å². The van der Waals surface area contributed by atoms with Crippen LogP contribution in [0.15, 0.2) is 42.5 Å². The highest BCUT2D eigenvalue weighted by molar-refractivity contribution is 7.93. The minimum absolute atomic E-state index is 0.0913. The van der Waals surface area contributed by atoms with Crippen LogP contribution in [0.1, 0.15) is 30.5 Å². The molecule has 0 amide bonds. The number of nitrogens with one attached hydrogen (secondary N) is 1. The predicted octanol–water partition coefficient (Wildman–Crippen LogP) is 3.85. The zero-order valence-corrected chi connectivity index (χ0v) is 14.6. The van der Waals surface area contributed by atoms with Crippen LogP contribution in [0, 0.1) is 12.7 Å². The van der Waals surface area contributed by atoms with Gasteiger partial charge in [-0.15, -0.1) is 0 Å². The van der Waals surface area contributed by atoms with E-state index in [9.17, 15) is 12.8 Å². The summed E-state index contributed by atoms with van der Waals surface area (Å²) >= 11 is 0. The highest BCUT2D eigenvalue weighted by Crippen LogP contribution is 2.31. The van der Waals surface area contributed by atoms with E-state index in [2.05, 4.69) is 5.32 Å². The Balaban J connectivity index is 1.86. The number of nitrogens with zero attached hydrogens (tertiary/aromatic N) is 1. The van der Waals surface area contributed by atoms with Crippen molar-refractivity contribution in [3.8, 4) is 0 Å². The lowest BCUT2D eigenvalue weighted by molar-refractivity contribution is 0.599. The maximum absolute atomic E-state index is 13.4. The van der Waals surface area contributed by atoms with E-state index in [0.717, 1.165) is 16.8 Å². The Morgan fingerprint density at radius 2 is 2.00 bits per heavy atom. The number of hydrogen-bond acceptors (Lipinski definition) is 3. The van der Waals surface area contributed by atoms with E-state index < -0.39 is 10.0 Å². The number of hydrogen-bond donors (Lipinski definition) is 1. The average molecular weight is 348 g/mol. The molecule has 1 heterocycles. The molecule has 2 aromatic carbocycles. The van der Waals surface area contributed by atoms with Crippen LogP contribution in [-0.4, -0.2) is 20.7 Å². The Morgan fingerprint density at radius 1 is 1.21 bits per heavy atom. The molecule has 3 rings (SSSR count). The molecule has 1 fully saturated rings. The fraction of sp³-hybridized carbons (Fsp3) is 0.333. The molecule has 1 N–H and O–H groups in total. The van der Waals surface area contributed by atoms with Crippen LogP contribution in [0.2, 0.25) is 0 Å². The van der Waals surface area contributed by atoms with Crippen LogP contribution in [0.3, 0.4) is 0 Å². The van der Waals surface area contributed by atoms with Crippen molar-refractivity contribution in [3.63, 3.8) is 0 Å². The fourth-order valence-electron chi connectivity index (χ4n) is 2.99. The molecule has 1 saturated heterocycles. The molecule has 24 heavy (non-hydrogen) atoms. The van der Waals surface area contributed by atoms with Gasteiger partial charge in [0.2, 0.25) is 10.0 Å². The smallest absolute Gasteiger partial charge is 0.235 e. The molecule has 0 aliphatic carbocycles. The molecule has 2 aromatic rings. The molecule has 0 unspecified atom stereocenters. The summed E-state index contributed by atoms with van der Waals surface area (Å²) in [5.74, 6) is -0.0713. The summed E-state index contributed by atoms with van der Waals surface area (Å²) in [6.45, 7) is 4.37. The van der Waals surface area contributed by atoms with Gasteiger partial charge >= 0.3 is 0 Å². The predicted molar refractivity (Wildman–Crippen MR) is 95.4 cm³/mol. The molecule has 0 radical (unpaired) electrons. The summed E-state index contributed by atoms with van der Waals surface area (Å²) in [5, 5.41) is 3.32. The summed E-state index contributed by atoms with van der Waals surface area (Å²) in [5.41, 5.74) is 3.29. The summed E-state index contributed by atoms with van der Waals surface area (Å²) in [6, 6.07) is 12.0. The molecule has 0 aromatic heterocycles. The Morgan fingerprint density at radius 3 is 2.67 bits per heavy atom. The first-order chi connectivity index (χ1) is 11.4. The standard InChI is InChI=1S/C18H21FN2O2S/c1-13-7-8-17(12-18(13)21-9-4-10-24(21,22)23)20-14(2)15-5-3-6-16(19)11-15/h3,5-8,11-12,14,20H,4,9-10H2,1-2H3/t14-/m1/s1. The number of rotatable bonds is 4. The summed E-state index contributed by atoms with van der Waals surface area (Å²) < 4.78 is 39.2. The van der Waals surface area contributed by atoms with Crippen molar-refractivity contribution in [2.45, 2.75) is 26.3 Å². The quantitative estimate of drug-likeness (QED) is 0.913. The van der Waals surface area contributed by atoms with Gasteiger partial charge in [-0.1, -0.05) is 18.2 Å². The van der Waals surface area contributed by atoms with Crippen molar-refractivity contribution in [2.24, 2.45) is 0 Å². The lowest BCUT2D eigenvalue weighted by Gasteiger charge is -2.22. The molecule has 0 spiro atoms. The number of aryl methyl sites for hydroxylation is 1. The first-order valence-electron chi connectivity index (χ1n) is 8.00. The van der Waals surface area contributed by atoms with Gasteiger partial charge in [-0.3, -0.25) is 4.31 Å². The third kappa shape index (κ3) is 3.38. The van der Waals surface area contributed by atoms with Gasteiger partial charge in [0.1, 0.15) is 5.82 Å². The van der Waals surface area contributed by atoms with Gasteiger partial charge in [0, 0.05) is 18.3 Å². The van der Waals surface area contributed by atoms with Gasteiger partial charge in [-0.2, -0.15) is 0 Å². The number of sulfonamides is 1. The molecule has 128 valence electrons. The van der Waals surface area contributed by atoms with Gasteiger partial charge in [0.05, 0.1) is 11.4 Å². The normalized spacial score (nSPS) is 17.7. The van der Waals surface area contributed by atoms with E-state index in [1.807, 2.05) is 38.1 Å². The number of benzene rings is 2. The van der Waals surface area contributed by atoms with Crippen molar-refractivity contribution in [3.05, 3.63) is 59.4 Å². The van der Waals surface area contributed by atoms with Crippen LogP contribution >= 0.6 is 0 Å². The second-order valence-electron chi connectivity index (χ2n) is 6.16. The minimum atomic E-state index is -3.21. The van der Waals surface area contributed by atoms with E-state index in [0.29, 0.717) is 18.7 Å². The maximum atomic E-state index is 13.4. The molecule has 0 saturated carbocycles. The van der Waals surface area contributed by atoms with Crippen molar-refractivity contribution in [1.82, 2.24) is 0 Å². The van der Waals surface area contributed by atoms with E-state index >= 15 is 0 Å². The molecule has 4 nitrogen and oxygen atoms in total. The van der Waals surface area contributed by atoms with Crippen molar-refractivity contribution < 1.29 is 12.8 Å². The van der Waals surface area contributed by atoms with Crippen molar-refractivity contribution >= 4 is 21.4 Å². The first-order valence-corrected chi connectivity index (χ1v) is 9.61. The van der Waals surface area contributed by atoms with Gasteiger partial charge < -0.3 is 5.32 Å². The number of anilines is 2.